The molecule has 2 rings (SSSR count). The molecule has 0 spiro atoms. The second-order valence-electron chi connectivity index (χ2n) is 4.47. The Bertz CT molecular complexity index is 493. The molecule has 0 radical (unpaired) electrons. The van der Waals surface area contributed by atoms with Gasteiger partial charge in [0, 0.05) is 16.4 Å². The van der Waals surface area contributed by atoms with Gasteiger partial charge < -0.3 is 10.1 Å². The van der Waals surface area contributed by atoms with Crippen LogP contribution >= 0.6 is 23.5 Å². The Hall–Kier alpha value is -1.14. The van der Waals surface area contributed by atoms with Gasteiger partial charge in [-0.15, -0.1) is 23.5 Å². The molecule has 6 heteroatoms. The summed E-state index contributed by atoms with van der Waals surface area (Å²) in [4.78, 5) is 24.1. The predicted molar refractivity (Wildman–Crippen MR) is 82.1 cm³/mol. The van der Waals surface area contributed by atoms with Crippen LogP contribution in [0.25, 0.3) is 0 Å². The molecular formula is C14H17NO3S2. The van der Waals surface area contributed by atoms with Crippen LogP contribution in [-0.4, -0.2) is 41.8 Å². The first-order valence-electron chi connectivity index (χ1n) is 6.38. The maximum Gasteiger partial charge on any atom is 0.329 e. The molecule has 0 aliphatic carbocycles. The SMILES string of the molecule is Cc1cccc(SCCOC(=O)[C@@H]2CSCC(=O)N2)c1. The average Bonchev–Trinajstić information content (AvgIpc) is 2.43. The predicted octanol–water partition coefficient (Wildman–Crippen LogP) is 1.86. The van der Waals surface area contributed by atoms with E-state index in [2.05, 4.69) is 11.4 Å². The smallest absolute Gasteiger partial charge is 0.329 e. The molecule has 0 unspecified atom stereocenters. The number of thioether (sulfide) groups is 2. The van der Waals surface area contributed by atoms with Gasteiger partial charge in [0.15, 0.2) is 0 Å². The second-order valence-corrected chi connectivity index (χ2v) is 6.67. The van der Waals surface area contributed by atoms with E-state index >= 15 is 0 Å². The molecule has 1 aromatic carbocycles. The summed E-state index contributed by atoms with van der Waals surface area (Å²) in [6.07, 6.45) is 0. The number of rotatable bonds is 5. The number of ether oxygens (including phenoxy) is 1. The van der Waals surface area contributed by atoms with Gasteiger partial charge >= 0.3 is 5.97 Å². The summed E-state index contributed by atoms with van der Waals surface area (Å²) in [5.74, 6) is 1.29. The van der Waals surface area contributed by atoms with E-state index < -0.39 is 6.04 Å². The van der Waals surface area contributed by atoms with Crippen molar-refractivity contribution in [3.8, 4) is 0 Å². The van der Waals surface area contributed by atoms with Crippen molar-refractivity contribution in [1.82, 2.24) is 5.32 Å². The number of esters is 1. The molecule has 1 N–H and O–H groups in total. The zero-order valence-electron chi connectivity index (χ0n) is 11.3. The van der Waals surface area contributed by atoms with E-state index in [1.165, 1.54) is 22.2 Å². The third kappa shape index (κ3) is 4.76. The minimum Gasteiger partial charge on any atom is -0.463 e. The van der Waals surface area contributed by atoms with Crippen LogP contribution in [0, 0.1) is 6.92 Å². The first-order valence-corrected chi connectivity index (χ1v) is 8.52. The van der Waals surface area contributed by atoms with Crippen molar-refractivity contribution in [1.29, 1.82) is 0 Å². The molecule has 1 aliphatic rings. The number of amides is 1. The van der Waals surface area contributed by atoms with Crippen LogP contribution in [0.15, 0.2) is 29.2 Å². The van der Waals surface area contributed by atoms with Gasteiger partial charge in [-0.3, -0.25) is 4.79 Å². The highest BCUT2D eigenvalue weighted by Crippen LogP contribution is 2.18. The molecule has 1 aromatic rings. The Balaban J connectivity index is 1.68. The summed E-state index contributed by atoms with van der Waals surface area (Å²) >= 11 is 3.11. The molecular weight excluding hydrogens is 294 g/mol. The Morgan fingerprint density at radius 1 is 1.55 bits per heavy atom. The summed E-state index contributed by atoms with van der Waals surface area (Å²) in [6, 6.07) is 7.71. The van der Waals surface area contributed by atoms with Crippen molar-refractivity contribution in [3.05, 3.63) is 29.8 Å². The van der Waals surface area contributed by atoms with Gasteiger partial charge in [0.2, 0.25) is 5.91 Å². The van der Waals surface area contributed by atoms with Crippen LogP contribution in [0.5, 0.6) is 0 Å². The molecule has 1 heterocycles. The Morgan fingerprint density at radius 3 is 3.15 bits per heavy atom. The van der Waals surface area contributed by atoms with Crippen molar-refractivity contribution >= 4 is 35.4 Å². The quantitative estimate of drug-likeness (QED) is 0.511. The highest BCUT2D eigenvalue weighted by Gasteiger charge is 2.26. The number of hydrogen-bond donors (Lipinski definition) is 1. The van der Waals surface area contributed by atoms with Crippen molar-refractivity contribution in [2.24, 2.45) is 0 Å². The van der Waals surface area contributed by atoms with Crippen LogP contribution < -0.4 is 5.32 Å². The Labute approximate surface area is 127 Å². The molecule has 0 bridgehead atoms. The fourth-order valence-electron chi connectivity index (χ4n) is 1.78. The lowest BCUT2D eigenvalue weighted by molar-refractivity contribution is -0.146. The minimum atomic E-state index is -0.495. The lowest BCUT2D eigenvalue weighted by Crippen LogP contribution is -2.47. The van der Waals surface area contributed by atoms with Gasteiger partial charge in [-0.1, -0.05) is 17.7 Å². The standard InChI is InChI=1S/C14H17NO3S2/c1-10-3-2-4-11(7-10)20-6-5-18-14(17)12-8-19-9-13(16)15-12/h2-4,7,12H,5-6,8-9H2,1H3,(H,15,16)/t12-/m0/s1. The summed E-state index contributed by atoms with van der Waals surface area (Å²) in [7, 11) is 0. The van der Waals surface area contributed by atoms with Crippen LogP contribution in [0.2, 0.25) is 0 Å². The summed E-state index contributed by atoms with van der Waals surface area (Å²) in [5.41, 5.74) is 1.22. The fourth-order valence-corrected chi connectivity index (χ4v) is 3.47. The van der Waals surface area contributed by atoms with Crippen molar-refractivity contribution < 1.29 is 14.3 Å². The van der Waals surface area contributed by atoms with Gasteiger partial charge in [-0.05, 0) is 19.1 Å². The van der Waals surface area contributed by atoms with E-state index in [0.717, 1.165) is 0 Å². The monoisotopic (exact) mass is 311 g/mol. The van der Waals surface area contributed by atoms with E-state index in [1.54, 1.807) is 11.8 Å². The van der Waals surface area contributed by atoms with Crippen molar-refractivity contribution in [3.63, 3.8) is 0 Å². The average molecular weight is 311 g/mol. The normalized spacial score (nSPS) is 18.4. The van der Waals surface area contributed by atoms with Gasteiger partial charge in [0.1, 0.15) is 12.6 Å². The van der Waals surface area contributed by atoms with Gasteiger partial charge in [0.05, 0.1) is 5.75 Å². The maximum absolute atomic E-state index is 11.7. The van der Waals surface area contributed by atoms with E-state index in [0.29, 0.717) is 23.9 Å². The molecule has 4 nitrogen and oxygen atoms in total. The Morgan fingerprint density at radius 2 is 2.40 bits per heavy atom. The van der Waals surface area contributed by atoms with E-state index in [-0.39, 0.29) is 11.9 Å². The zero-order valence-corrected chi connectivity index (χ0v) is 12.9. The molecule has 1 amide bonds. The topological polar surface area (TPSA) is 55.4 Å². The highest BCUT2D eigenvalue weighted by atomic mass is 32.2. The molecule has 108 valence electrons. The molecule has 1 fully saturated rings. The zero-order chi connectivity index (χ0) is 14.4. The number of aryl methyl sites for hydroxylation is 1. The van der Waals surface area contributed by atoms with Crippen LogP contribution in [-0.2, 0) is 14.3 Å². The van der Waals surface area contributed by atoms with Gasteiger partial charge in [0.25, 0.3) is 0 Å². The van der Waals surface area contributed by atoms with E-state index in [4.69, 9.17) is 4.74 Å². The maximum atomic E-state index is 11.7. The first-order chi connectivity index (χ1) is 9.65. The van der Waals surface area contributed by atoms with Crippen LogP contribution in [0.3, 0.4) is 0 Å². The molecule has 1 saturated heterocycles. The molecule has 1 aliphatic heterocycles. The number of benzene rings is 1. The van der Waals surface area contributed by atoms with E-state index in [1.807, 2.05) is 25.1 Å². The molecule has 0 aromatic heterocycles. The number of hydrogen-bond acceptors (Lipinski definition) is 5. The number of nitrogens with one attached hydrogen (secondary N) is 1. The molecule has 20 heavy (non-hydrogen) atoms. The van der Waals surface area contributed by atoms with Crippen molar-refractivity contribution in [2.75, 3.05) is 23.9 Å². The van der Waals surface area contributed by atoms with E-state index in [9.17, 15) is 9.59 Å². The van der Waals surface area contributed by atoms with Crippen LogP contribution in [0.4, 0.5) is 0 Å². The molecule has 0 saturated carbocycles. The molecule has 1 atom stereocenters. The first kappa shape index (κ1) is 15.3. The van der Waals surface area contributed by atoms with Gasteiger partial charge in [-0.2, -0.15) is 0 Å². The minimum absolute atomic E-state index is 0.0997. The summed E-state index contributed by atoms with van der Waals surface area (Å²) in [6.45, 7) is 2.40. The number of carbonyl (C=O) groups is 2. The van der Waals surface area contributed by atoms with Crippen LogP contribution in [0.1, 0.15) is 5.56 Å². The lowest BCUT2D eigenvalue weighted by atomic mass is 10.2. The lowest BCUT2D eigenvalue weighted by Gasteiger charge is -2.21. The number of carbonyl (C=O) groups excluding carboxylic acids is 2. The fraction of sp³-hybridized carbons (Fsp3) is 0.429. The van der Waals surface area contributed by atoms with Crippen molar-refractivity contribution in [2.45, 2.75) is 17.9 Å². The highest BCUT2D eigenvalue weighted by molar-refractivity contribution is 8.00. The third-order valence-electron chi connectivity index (χ3n) is 2.72. The largest absolute Gasteiger partial charge is 0.463 e. The van der Waals surface area contributed by atoms with Gasteiger partial charge in [-0.25, -0.2) is 4.79 Å². The summed E-state index contributed by atoms with van der Waals surface area (Å²) < 4.78 is 5.19. The Kier molecular flexibility index (Phi) is 5.79. The second kappa shape index (κ2) is 7.59. The third-order valence-corrected chi connectivity index (χ3v) is 4.72. The summed E-state index contributed by atoms with van der Waals surface area (Å²) in [5, 5.41) is 2.64.